The van der Waals surface area contributed by atoms with Crippen LogP contribution in [-0.4, -0.2) is 76.9 Å². The largest absolute Gasteiger partial charge is 0.508 e. The van der Waals surface area contributed by atoms with Crippen LogP contribution in [0.1, 0.15) is 44.1 Å². The minimum atomic E-state index is -1.25. The third kappa shape index (κ3) is 12.3. The van der Waals surface area contributed by atoms with Gasteiger partial charge in [0.25, 0.3) is 0 Å². The van der Waals surface area contributed by atoms with Gasteiger partial charge in [-0.1, -0.05) is 18.6 Å². The van der Waals surface area contributed by atoms with Crippen molar-refractivity contribution >= 4 is 36.3 Å². The number of unbranched alkanes of at least 4 members (excludes halogenated alkanes) is 2. The smallest absolute Gasteiger partial charge is 0.327 e. The van der Waals surface area contributed by atoms with Crippen molar-refractivity contribution in [1.82, 2.24) is 16.0 Å². The molecule has 1 aromatic rings. The summed E-state index contributed by atoms with van der Waals surface area (Å²) in [6.07, 6.45) is 3.14. The average Bonchev–Trinajstić information content (AvgIpc) is 2.87. The number of carboxylic acids is 1. The van der Waals surface area contributed by atoms with E-state index in [2.05, 4.69) is 28.6 Å². The molecule has 4 atom stereocenters. The van der Waals surface area contributed by atoms with Crippen molar-refractivity contribution in [2.45, 2.75) is 69.1 Å². The zero-order valence-electron chi connectivity index (χ0n) is 20.9. The molecule has 11 N–H and O–H groups in total. The average molecular weight is 541 g/mol. The quantitative estimate of drug-likeness (QED) is 0.0820. The Morgan fingerprint density at radius 1 is 0.784 bits per heavy atom. The van der Waals surface area contributed by atoms with Gasteiger partial charge in [-0.15, -0.1) is 0 Å². The Morgan fingerprint density at radius 2 is 1.30 bits per heavy atom. The third-order valence-corrected chi connectivity index (χ3v) is 6.06. The first-order chi connectivity index (χ1) is 17.6. The molecule has 0 radical (unpaired) electrons. The van der Waals surface area contributed by atoms with Crippen LogP contribution in [0, 0.1) is 0 Å². The van der Waals surface area contributed by atoms with Gasteiger partial charge in [-0.3, -0.25) is 14.4 Å². The minimum Gasteiger partial charge on any atom is -0.508 e. The number of phenols is 1. The van der Waals surface area contributed by atoms with Crippen LogP contribution in [0.5, 0.6) is 5.75 Å². The highest BCUT2D eigenvalue weighted by atomic mass is 32.1. The second kappa shape index (κ2) is 17.6. The van der Waals surface area contributed by atoms with Crippen LogP contribution in [0.25, 0.3) is 0 Å². The van der Waals surface area contributed by atoms with Crippen LogP contribution in [0.15, 0.2) is 24.3 Å². The van der Waals surface area contributed by atoms with E-state index in [1.165, 1.54) is 12.1 Å². The lowest BCUT2D eigenvalue weighted by Gasteiger charge is -2.25. The summed E-state index contributed by atoms with van der Waals surface area (Å²) in [6.45, 7) is 0.863. The fraction of sp³-hybridized carbons (Fsp3) is 0.583. The van der Waals surface area contributed by atoms with E-state index in [4.69, 9.17) is 17.2 Å². The molecule has 12 nitrogen and oxygen atoms in total. The zero-order chi connectivity index (χ0) is 27.8. The summed E-state index contributed by atoms with van der Waals surface area (Å²) in [4.78, 5) is 50.2. The highest BCUT2D eigenvalue weighted by Gasteiger charge is 2.30. The van der Waals surface area contributed by atoms with E-state index < -0.39 is 47.9 Å². The van der Waals surface area contributed by atoms with Gasteiger partial charge < -0.3 is 43.4 Å². The number of carbonyl (C=O) groups excluding carboxylic acids is 3. The summed E-state index contributed by atoms with van der Waals surface area (Å²) in [7, 11) is 0. The number of nitrogens with two attached hydrogens (primary N) is 3. The fourth-order valence-electron chi connectivity index (χ4n) is 3.49. The summed E-state index contributed by atoms with van der Waals surface area (Å²) in [5, 5.41) is 26.5. The molecule has 37 heavy (non-hydrogen) atoms. The predicted molar refractivity (Wildman–Crippen MR) is 143 cm³/mol. The van der Waals surface area contributed by atoms with Crippen LogP contribution >= 0.6 is 12.6 Å². The Morgan fingerprint density at radius 3 is 1.84 bits per heavy atom. The molecule has 0 fully saturated rings. The van der Waals surface area contributed by atoms with Crippen molar-refractivity contribution in [3.8, 4) is 5.75 Å². The molecule has 1 rings (SSSR count). The molecule has 3 amide bonds. The summed E-state index contributed by atoms with van der Waals surface area (Å²) in [6, 6.07) is 1.91. The lowest BCUT2D eigenvalue weighted by atomic mass is 10.0. The molecule has 0 aliphatic heterocycles. The Bertz CT molecular complexity index is 872. The van der Waals surface area contributed by atoms with Crippen LogP contribution in [0.4, 0.5) is 0 Å². The number of thiol groups is 1. The van der Waals surface area contributed by atoms with Crippen molar-refractivity contribution in [3.05, 3.63) is 29.8 Å². The van der Waals surface area contributed by atoms with Crippen molar-refractivity contribution < 1.29 is 29.4 Å². The first kappa shape index (κ1) is 32.2. The first-order valence-electron chi connectivity index (χ1n) is 12.3. The summed E-state index contributed by atoms with van der Waals surface area (Å²) < 4.78 is 0. The van der Waals surface area contributed by atoms with E-state index in [1.807, 2.05) is 0 Å². The van der Waals surface area contributed by atoms with Gasteiger partial charge in [-0.05, 0) is 62.9 Å². The van der Waals surface area contributed by atoms with Crippen LogP contribution in [0.2, 0.25) is 0 Å². The normalized spacial score (nSPS) is 14.2. The van der Waals surface area contributed by atoms with Crippen molar-refractivity contribution in [2.75, 3.05) is 18.8 Å². The highest BCUT2D eigenvalue weighted by Crippen LogP contribution is 2.12. The molecule has 13 heteroatoms. The maximum Gasteiger partial charge on any atom is 0.327 e. The maximum absolute atomic E-state index is 13.3. The maximum atomic E-state index is 13.3. The van der Waals surface area contributed by atoms with Crippen molar-refractivity contribution in [3.63, 3.8) is 0 Å². The van der Waals surface area contributed by atoms with Gasteiger partial charge >= 0.3 is 5.97 Å². The van der Waals surface area contributed by atoms with Gasteiger partial charge in [-0.25, -0.2) is 4.79 Å². The molecule has 0 aromatic heterocycles. The molecule has 0 saturated heterocycles. The summed E-state index contributed by atoms with van der Waals surface area (Å²) in [5.74, 6) is -3.19. The molecule has 0 aliphatic carbocycles. The lowest BCUT2D eigenvalue weighted by molar-refractivity contribution is -0.141. The van der Waals surface area contributed by atoms with Crippen LogP contribution in [-0.2, 0) is 25.6 Å². The van der Waals surface area contributed by atoms with Crippen molar-refractivity contribution in [2.24, 2.45) is 17.2 Å². The standard InChI is InChI=1S/C24H40N6O6S/c25-11-3-1-5-17(27)21(32)29-19(13-15-7-9-16(31)10-8-15)23(34)28-18(6-2-4-12-26)22(33)30-20(14-37)24(35)36/h7-10,17-20,31,37H,1-6,11-14,25-27H2,(H,28,34)(H,29,32)(H,30,33)(H,35,36). The number of phenolic OH excluding ortho intramolecular Hbond substituents is 1. The third-order valence-electron chi connectivity index (χ3n) is 5.69. The fourth-order valence-corrected chi connectivity index (χ4v) is 3.73. The second-order valence-electron chi connectivity index (χ2n) is 8.75. The van der Waals surface area contributed by atoms with E-state index in [1.54, 1.807) is 12.1 Å². The molecular formula is C24H40N6O6S. The number of rotatable bonds is 18. The number of hydrogen-bond donors (Lipinski definition) is 9. The number of carbonyl (C=O) groups is 4. The van der Waals surface area contributed by atoms with Gasteiger partial charge in [-0.2, -0.15) is 12.6 Å². The Labute approximate surface area is 222 Å². The van der Waals surface area contributed by atoms with Crippen LogP contribution < -0.4 is 33.2 Å². The number of aromatic hydroxyl groups is 1. The van der Waals surface area contributed by atoms with Crippen molar-refractivity contribution in [1.29, 1.82) is 0 Å². The van der Waals surface area contributed by atoms with E-state index in [9.17, 15) is 29.4 Å². The number of benzene rings is 1. The molecule has 0 spiro atoms. The van der Waals surface area contributed by atoms with Gasteiger partial charge in [0.15, 0.2) is 0 Å². The lowest BCUT2D eigenvalue weighted by Crippen LogP contribution is -2.57. The highest BCUT2D eigenvalue weighted by molar-refractivity contribution is 7.80. The molecule has 208 valence electrons. The Balaban J connectivity index is 3.07. The molecular weight excluding hydrogens is 500 g/mol. The SMILES string of the molecule is NCCCCC(N)C(=O)NC(Cc1ccc(O)cc1)C(=O)NC(CCCCN)C(=O)NC(CS)C(=O)O. The minimum absolute atomic E-state index is 0.0459. The van der Waals surface area contributed by atoms with Gasteiger partial charge in [0.1, 0.15) is 23.9 Å². The summed E-state index contributed by atoms with van der Waals surface area (Å²) >= 11 is 3.95. The molecule has 0 saturated carbocycles. The number of aliphatic carboxylic acids is 1. The van der Waals surface area contributed by atoms with Crippen LogP contribution in [0.3, 0.4) is 0 Å². The van der Waals surface area contributed by atoms with E-state index in [0.717, 1.165) is 0 Å². The topological polar surface area (TPSA) is 223 Å². The zero-order valence-corrected chi connectivity index (χ0v) is 21.8. The van der Waals surface area contributed by atoms with E-state index >= 15 is 0 Å². The Kier molecular flexibility index (Phi) is 15.3. The number of nitrogens with one attached hydrogen (secondary N) is 3. The van der Waals surface area contributed by atoms with Gasteiger partial charge in [0.2, 0.25) is 17.7 Å². The molecule has 4 unspecified atom stereocenters. The van der Waals surface area contributed by atoms with E-state index in [-0.39, 0.29) is 24.3 Å². The molecule has 0 bridgehead atoms. The first-order valence-corrected chi connectivity index (χ1v) is 12.9. The van der Waals surface area contributed by atoms with E-state index in [0.29, 0.717) is 50.8 Å². The predicted octanol–water partition coefficient (Wildman–Crippen LogP) is -1.01. The van der Waals surface area contributed by atoms with Gasteiger partial charge in [0, 0.05) is 12.2 Å². The summed E-state index contributed by atoms with van der Waals surface area (Å²) in [5.41, 5.74) is 17.7. The number of amides is 3. The molecule has 0 heterocycles. The molecule has 1 aromatic carbocycles. The number of carboxylic acid groups (broad SMARTS) is 1. The molecule has 0 aliphatic rings. The number of hydrogen-bond acceptors (Lipinski definition) is 9. The monoisotopic (exact) mass is 540 g/mol. The Hall–Kier alpha value is -2.87. The van der Waals surface area contributed by atoms with Gasteiger partial charge in [0.05, 0.1) is 6.04 Å². The second-order valence-corrected chi connectivity index (χ2v) is 9.12.